The van der Waals surface area contributed by atoms with Crippen LogP contribution in [0.25, 0.3) is 0 Å². The fraction of sp³-hybridized carbons (Fsp3) is 1.00. The van der Waals surface area contributed by atoms with Crippen molar-refractivity contribution in [3.05, 3.63) is 0 Å². The van der Waals surface area contributed by atoms with Crippen LogP contribution in [0.4, 0.5) is 0 Å². The lowest BCUT2D eigenvalue weighted by Crippen LogP contribution is -2.38. The summed E-state index contributed by atoms with van der Waals surface area (Å²) in [4.78, 5) is 0. The van der Waals surface area contributed by atoms with Crippen LogP contribution >= 0.6 is 0 Å². The molecule has 0 aromatic heterocycles. The number of hydrogen-bond donors (Lipinski definition) is 0. The molecule has 0 atom stereocenters. The van der Waals surface area contributed by atoms with Gasteiger partial charge in [0.15, 0.2) is 0 Å². The largest absolute Gasteiger partial charge is 0.0654 e. The maximum Gasteiger partial charge on any atom is 0.0543 e. The summed E-state index contributed by atoms with van der Waals surface area (Å²) < 4.78 is 0. The molecule has 0 aliphatic heterocycles. The maximum absolute atomic E-state index is 2.43. The van der Waals surface area contributed by atoms with Crippen LogP contribution in [0.2, 0.25) is 24.2 Å². The van der Waals surface area contributed by atoms with Gasteiger partial charge in [-0.1, -0.05) is 91.9 Å². The number of unbranched alkanes of at least 4 members (excludes halogenated alkanes) is 2. The molecule has 0 heterocycles. The van der Waals surface area contributed by atoms with E-state index in [1.165, 1.54) is 19.3 Å². The van der Waals surface area contributed by atoms with Gasteiger partial charge in [0.1, 0.15) is 0 Å². The van der Waals surface area contributed by atoms with E-state index < -0.39 is 8.07 Å². The van der Waals surface area contributed by atoms with Gasteiger partial charge in [0.05, 0.1) is 8.07 Å². The highest BCUT2D eigenvalue weighted by atomic mass is 28.3. The van der Waals surface area contributed by atoms with Crippen LogP contribution in [-0.4, -0.2) is 8.07 Å². The fourth-order valence-corrected chi connectivity index (χ4v) is 11.2. The third-order valence-electron chi connectivity index (χ3n) is 3.83. The summed E-state index contributed by atoms with van der Waals surface area (Å²) in [5.74, 6) is 2.70. The van der Waals surface area contributed by atoms with E-state index in [2.05, 4.69) is 48.5 Å². The lowest BCUT2D eigenvalue weighted by Gasteiger charge is -2.37. The molecule has 0 fully saturated rings. The SMILES string of the molecule is CCCCC[Si](CC(C)C)(CC(C)C)CC(C)C. The third-order valence-corrected chi connectivity index (χ3v) is 10.3. The molecule has 0 bridgehead atoms. The molecule has 18 heavy (non-hydrogen) atoms. The van der Waals surface area contributed by atoms with E-state index >= 15 is 0 Å². The van der Waals surface area contributed by atoms with Gasteiger partial charge in [-0.05, 0) is 17.8 Å². The minimum absolute atomic E-state index is 0.899. The van der Waals surface area contributed by atoms with Gasteiger partial charge in [-0.25, -0.2) is 0 Å². The van der Waals surface area contributed by atoms with Gasteiger partial charge in [0, 0.05) is 0 Å². The van der Waals surface area contributed by atoms with E-state index in [0.717, 1.165) is 17.8 Å². The summed E-state index contributed by atoms with van der Waals surface area (Å²) in [5, 5.41) is 0. The Morgan fingerprint density at radius 2 is 1.06 bits per heavy atom. The molecule has 0 radical (unpaired) electrons. The van der Waals surface area contributed by atoms with Crippen molar-refractivity contribution in [2.45, 2.75) is 91.9 Å². The average Bonchev–Trinajstić information content (AvgIpc) is 2.13. The summed E-state index contributed by atoms with van der Waals surface area (Å²) in [6.07, 6.45) is 4.31. The molecule has 0 unspecified atom stereocenters. The Bertz CT molecular complexity index is 167. The zero-order chi connectivity index (χ0) is 14.2. The van der Waals surface area contributed by atoms with Crippen molar-refractivity contribution < 1.29 is 0 Å². The topological polar surface area (TPSA) is 0 Å². The van der Waals surface area contributed by atoms with Crippen molar-refractivity contribution >= 4 is 8.07 Å². The molecular formula is C17H38Si. The Morgan fingerprint density at radius 1 is 0.667 bits per heavy atom. The normalized spacial score (nSPS) is 13.0. The van der Waals surface area contributed by atoms with Crippen molar-refractivity contribution in [1.82, 2.24) is 0 Å². The molecule has 110 valence electrons. The third kappa shape index (κ3) is 8.34. The van der Waals surface area contributed by atoms with Crippen molar-refractivity contribution in [2.24, 2.45) is 17.8 Å². The van der Waals surface area contributed by atoms with Gasteiger partial charge in [-0.15, -0.1) is 0 Å². The van der Waals surface area contributed by atoms with E-state index in [9.17, 15) is 0 Å². The first-order valence-corrected chi connectivity index (χ1v) is 11.1. The second-order valence-corrected chi connectivity index (χ2v) is 12.5. The average molecular weight is 271 g/mol. The van der Waals surface area contributed by atoms with Gasteiger partial charge >= 0.3 is 0 Å². The van der Waals surface area contributed by atoms with E-state index in [-0.39, 0.29) is 0 Å². The predicted molar refractivity (Wildman–Crippen MR) is 89.0 cm³/mol. The van der Waals surface area contributed by atoms with Crippen molar-refractivity contribution in [3.8, 4) is 0 Å². The standard InChI is InChI=1S/C17H38Si/c1-8-9-10-11-18(12-15(2)3,13-16(4)5)14-17(6)7/h15-17H,8-14H2,1-7H3. The summed E-state index contributed by atoms with van der Waals surface area (Å²) >= 11 is 0. The van der Waals surface area contributed by atoms with Gasteiger partial charge in [0.2, 0.25) is 0 Å². The minimum atomic E-state index is -1.02. The molecule has 0 saturated heterocycles. The van der Waals surface area contributed by atoms with Gasteiger partial charge in [0.25, 0.3) is 0 Å². The monoisotopic (exact) mass is 270 g/mol. The smallest absolute Gasteiger partial charge is 0.0543 e. The molecule has 0 aromatic carbocycles. The molecule has 1 heteroatoms. The first-order valence-electron chi connectivity index (χ1n) is 8.31. The maximum atomic E-state index is 2.43. The zero-order valence-electron chi connectivity index (χ0n) is 14.2. The Balaban J connectivity index is 4.74. The lowest BCUT2D eigenvalue weighted by atomic mass is 10.2. The van der Waals surface area contributed by atoms with Crippen LogP contribution < -0.4 is 0 Å². The molecule has 0 aliphatic carbocycles. The summed E-state index contributed by atoms with van der Waals surface area (Å²) in [6.45, 7) is 16.9. The molecule has 0 spiro atoms. The van der Waals surface area contributed by atoms with E-state index in [1.807, 2.05) is 0 Å². The van der Waals surface area contributed by atoms with Crippen LogP contribution in [0.15, 0.2) is 0 Å². The summed E-state index contributed by atoms with van der Waals surface area (Å²) in [5.41, 5.74) is 0. The Hall–Kier alpha value is 0.217. The second kappa shape index (κ2) is 9.17. The highest BCUT2D eigenvalue weighted by molar-refractivity contribution is 6.80. The van der Waals surface area contributed by atoms with Crippen molar-refractivity contribution in [1.29, 1.82) is 0 Å². The van der Waals surface area contributed by atoms with Crippen LogP contribution in [0.3, 0.4) is 0 Å². The molecule has 0 saturated carbocycles. The van der Waals surface area contributed by atoms with Gasteiger partial charge in [-0.2, -0.15) is 0 Å². The summed E-state index contributed by atoms with van der Waals surface area (Å²) in [6, 6.07) is 6.28. The first-order chi connectivity index (χ1) is 8.31. The molecule has 0 amide bonds. The lowest BCUT2D eigenvalue weighted by molar-refractivity contribution is 0.628. The van der Waals surface area contributed by atoms with Crippen molar-refractivity contribution in [3.63, 3.8) is 0 Å². The van der Waals surface area contributed by atoms with Gasteiger partial charge < -0.3 is 0 Å². The molecule has 0 N–H and O–H groups in total. The van der Waals surface area contributed by atoms with Crippen molar-refractivity contribution in [2.75, 3.05) is 0 Å². The van der Waals surface area contributed by atoms with E-state index in [1.54, 1.807) is 24.2 Å². The van der Waals surface area contributed by atoms with E-state index in [4.69, 9.17) is 0 Å². The molecule has 0 rings (SSSR count). The number of rotatable bonds is 10. The van der Waals surface area contributed by atoms with Crippen LogP contribution in [0.1, 0.15) is 67.7 Å². The molecular weight excluding hydrogens is 232 g/mol. The minimum Gasteiger partial charge on any atom is -0.0654 e. The van der Waals surface area contributed by atoms with Crippen LogP contribution in [0, 0.1) is 17.8 Å². The Kier molecular flexibility index (Phi) is 9.28. The highest BCUT2D eigenvalue weighted by Crippen LogP contribution is 2.36. The zero-order valence-corrected chi connectivity index (χ0v) is 15.2. The van der Waals surface area contributed by atoms with Crippen LogP contribution in [-0.2, 0) is 0 Å². The molecule has 0 nitrogen and oxygen atoms in total. The quantitative estimate of drug-likeness (QED) is 0.310. The molecule has 0 aromatic rings. The predicted octanol–water partition coefficient (Wildman–Crippen LogP) is 6.59. The first kappa shape index (κ1) is 18.2. The fourth-order valence-electron chi connectivity index (χ4n) is 3.90. The number of hydrogen-bond acceptors (Lipinski definition) is 0. The van der Waals surface area contributed by atoms with Gasteiger partial charge in [-0.3, -0.25) is 0 Å². The highest BCUT2D eigenvalue weighted by Gasteiger charge is 2.34. The second-order valence-electron chi connectivity index (χ2n) is 7.75. The Morgan fingerprint density at radius 3 is 1.33 bits per heavy atom. The van der Waals surface area contributed by atoms with Crippen LogP contribution in [0.5, 0.6) is 0 Å². The van der Waals surface area contributed by atoms with E-state index in [0.29, 0.717) is 0 Å². The molecule has 0 aliphatic rings. The Labute approximate surface area is 118 Å². The summed E-state index contributed by atoms with van der Waals surface area (Å²) in [7, 11) is -1.02.